The van der Waals surface area contributed by atoms with E-state index in [2.05, 4.69) is 29.6 Å². The van der Waals surface area contributed by atoms with Crippen molar-refractivity contribution in [3.05, 3.63) is 66.5 Å². The van der Waals surface area contributed by atoms with E-state index in [4.69, 9.17) is 4.74 Å². The van der Waals surface area contributed by atoms with E-state index >= 15 is 0 Å². The predicted molar refractivity (Wildman–Crippen MR) is 136 cm³/mol. The molecule has 36 heavy (non-hydrogen) atoms. The summed E-state index contributed by atoms with van der Waals surface area (Å²) in [6.45, 7) is 2.86. The highest BCUT2D eigenvalue weighted by atomic mass is 32.2. The molecule has 0 aromatic carbocycles. The van der Waals surface area contributed by atoms with Gasteiger partial charge in [0, 0.05) is 60.1 Å². The molecule has 5 heterocycles. The topological polar surface area (TPSA) is 126 Å². The van der Waals surface area contributed by atoms with Crippen molar-refractivity contribution >= 4 is 40.3 Å². The Balaban J connectivity index is 1.36. The molecule has 0 radical (unpaired) electrons. The number of rotatable bonds is 7. The highest BCUT2D eigenvalue weighted by Gasteiger charge is 2.26. The first-order chi connectivity index (χ1) is 17.5. The summed E-state index contributed by atoms with van der Waals surface area (Å²) in [5, 5.41) is 13.9. The third kappa shape index (κ3) is 5.71. The van der Waals surface area contributed by atoms with Gasteiger partial charge in [-0.1, -0.05) is 17.8 Å². The average molecular weight is 522 g/mol. The fourth-order valence-corrected chi connectivity index (χ4v) is 5.18. The average Bonchev–Trinajstić information content (AvgIpc) is 3.36. The quantitative estimate of drug-likeness (QED) is 0.318. The number of likely N-dealkylation sites (tertiary alicyclic amines) is 1. The molecule has 1 fully saturated rings. The van der Waals surface area contributed by atoms with Gasteiger partial charge in [0.05, 0.1) is 5.69 Å². The minimum absolute atomic E-state index is 0.131. The maximum Gasteiger partial charge on any atom is 0.407 e. The Hall–Kier alpha value is -3.77. The third-order valence-electron chi connectivity index (χ3n) is 5.66. The molecule has 2 N–H and O–H groups in total. The SMILES string of the molecule is Cc1ncccc1Oc1cc(Sc2ccccn2)cnc1Nc1nc(C2CCN(C(=O)O)CC2)ns1. The number of nitrogens with zero attached hydrogens (tertiary/aromatic N) is 6. The minimum Gasteiger partial charge on any atom is -0.465 e. The number of piperidine rings is 1. The zero-order valence-corrected chi connectivity index (χ0v) is 21.0. The summed E-state index contributed by atoms with van der Waals surface area (Å²) < 4.78 is 10.7. The molecule has 4 aromatic rings. The lowest BCUT2D eigenvalue weighted by Crippen LogP contribution is -2.37. The Morgan fingerprint density at radius 3 is 2.72 bits per heavy atom. The largest absolute Gasteiger partial charge is 0.465 e. The molecule has 1 aliphatic heterocycles. The summed E-state index contributed by atoms with van der Waals surface area (Å²) in [7, 11) is 0. The summed E-state index contributed by atoms with van der Waals surface area (Å²) in [6, 6.07) is 11.3. The number of aromatic nitrogens is 5. The molecule has 0 bridgehead atoms. The molecule has 1 aliphatic rings. The van der Waals surface area contributed by atoms with Gasteiger partial charge in [-0.25, -0.2) is 19.7 Å². The lowest BCUT2D eigenvalue weighted by molar-refractivity contribution is 0.131. The number of nitrogens with one attached hydrogen (secondary N) is 1. The molecule has 5 rings (SSSR count). The number of hydrogen-bond donors (Lipinski definition) is 2. The molecular weight excluding hydrogens is 498 g/mol. The van der Waals surface area contributed by atoms with Gasteiger partial charge in [0.25, 0.3) is 0 Å². The smallest absolute Gasteiger partial charge is 0.407 e. The van der Waals surface area contributed by atoms with Crippen molar-refractivity contribution in [2.45, 2.75) is 35.6 Å². The fourth-order valence-electron chi connectivity index (χ4n) is 3.76. The summed E-state index contributed by atoms with van der Waals surface area (Å²) in [5.74, 6) is 2.52. The van der Waals surface area contributed by atoms with Gasteiger partial charge in [0.1, 0.15) is 16.6 Å². The highest BCUT2D eigenvalue weighted by Crippen LogP contribution is 2.37. The van der Waals surface area contributed by atoms with Crippen LogP contribution in [0.5, 0.6) is 11.5 Å². The van der Waals surface area contributed by atoms with Gasteiger partial charge in [0.2, 0.25) is 5.13 Å². The van der Waals surface area contributed by atoms with E-state index < -0.39 is 6.09 Å². The van der Waals surface area contributed by atoms with E-state index in [1.807, 2.05) is 43.3 Å². The lowest BCUT2D eigenvalue weighted by atomic mass is 9.96. The Labute approximate surface area is 216 Å². The number of aryl methyl sites for hydroxylation is 1. The number of ether oxygens (including phenoxy) is 1. The maximum atomic E-state index is 11.2. The van der Waals surface area contributed by atoms with Gasteiger partial charge in [-0.15, -0.1) is 0 Å². The number of carboxylic acid groups (broad SMARTS) is 1. The van der Waals surface area contributed by atoms with Crippen LogP contribution in [-0.4, -0.2) is 53.5 Å². The first-order valence-corrected chi connectivity index (χ1v) is 12.9. The predicted octanol–water partition coefficient (Wildman–Crippen LogP) is 5.58. The molecule has 184 valence electrons. The fraction of sp³-hybridized carbons (Fsp3) is 0.250. The Bertz CT molecular complexity index is 1340. The minimum atomic E-state index is -0.880. The van der Waals surface area contributed by atoms with Gasteiger partial charge in [0.15, 0.2) is 11.6 Å². The molecule has 0 aliphatic carbocycles. The molecular formula is C24H23N7O3S2. The number of anilines is 2. The van der Waals surface area contributed by atoms with Crippen LogP contribution in [0.15, 0.2) is 64.9 Å². The molecule has 4 aromatic heterocycles. The first kappa shape index (κ1) is 23.9. The summed E-state index contributed by atoms with van der Waals surface area (Å²) in [6.07, 6.45) is 5.75. The van der Waals surface area contributed by atoms with Gasteiger partial charge in [-0.3, -0.25) is 4.98 Å². The van der Waals surface area contributed by atoms with Crippen molar-refractivity contribution in [2.24, 2.45) is 0 Å². The second kappa shape index (κ2) is 10.9. The number of pyridine rings is 3. The van der Waals surface area contributed by atoms with Crippen LogP contribution in [-0.2, 0) is 0 Å². The maximum absolute atomic E-state index is 11.2. The van der Waals surface area contributed by atoms with Crippen LogP contribution in [0, 0.1) is 6.92 Å². The van der Waals surface area contributed by atoms with Crippen LogP contribution in [0.4, 0.5) is 15.7 Å². The molecule has 0 saturated carbocycles. The monoisotopic (exact) mass is 521 g/mol. The molecule has 10 nitrogen and oxygen atoms in total. The lowest BCUT2D eigenvalue weighted by Gasteiger charge is -2.28. The third-order valence-corrected chi connectivity index (χ3v) is 7.22. The molecule has 0 atom stereocenters. The Morgan fingerprint density at radius 1 is 1.14 bits per heavy atom. The summed E-state index contributed by atoms with van der Waals surface area (Å²) in [5.41, 5.74) is 0.761. The Kier molecular flexibility index (Phi) is 7.23. The van der Waals surface area contributed by atoms with Gasteiger partial charge >= 0.3 is 6.09 Å². The van der Waals surface area contributed by atoms with Crippen LogP contribution in [0.25, 0.3) is 0 Å². The number of amides is 1. The molecule has 1 amide bonds. The highest BCUT2D eigenvalue weighted by molar-refractivity contribution is 7.99. The van der Waals surface area contributed by atoms with Crippen LogP contribution < -0.4 is 10.1 Å². The van der Waals surface area contributed by atoms with Crippen molar-refractivity contribution in [1.82, 2.24) is 29.2 Å². The number of carbonyl (C=O) groups is 1. The van der Waals surface area contributed by atoms with Crippen LogP contribution >= 0.6 is 23.3 Å². The second-order valence-electron chi connectivity index (χ2n) is 8.10. The van der Waals surface area contributed by atoms with Crippen molar-refractivity contribution < 1.29 is 14.6 Å². The standard InChI is InChI=1S/C24H23N7O3S2/c1-15-18(5-4-10-25-15)34-19-13-17(35-20-6-2-3-9-26-20)14-27-22(19)29-23-28-21(30-36-23)16-7-11-31(12-8-16)24(32)33/h2-6,9-10,13-14,16H,7-8,11-12H2,1H3,(H,32,33)(H,27,28,29,30). The van der Waals surface area contributed by atoms with Crippen molar-refractivity contribution in [2.75, 3.05) is 18.4 Å². The van der Waals surface area contributed by atoms with E-state index in [9.17, 15) is 9.90 Å². The molecule has 0 unspecified atom stereocenters. The zero-order chi connectivity index (χ0) is 24.9. The van der Waals surface area contributed by atoms with E-state index in [1.54, 1.807) is 18.6 Å². The van der Waals surface area contributed by atoms with E-state index in [0.717, 1.165) is 21.4 Å². The van der Waals surface area contributed by atoms with E-state index in [0.29, 0.717) is 48.4 Å². The van der Waals surface area contributed by atoms with Crippen LogP contribution in [0.3, 0.4) is 0 Å². The van der Waals surface area contributed by atoms with Crippen molar-refractivity contribution in [1.29, 1.82) is 0 Å². The zero-order valence-electron chi connectivity index (χ0n) is 19.4. The molecule has 1 saturated heterocycles. The normalized spacial score (nSPS) is 14.0. The number of hydrogen-bond acceptors (Lipinski definition) is 10. The van der Waals surface area contributed by atoms with Crippen LogP contribution in [0.2, 0.25) is 0 Å². The van der Waals surface area contributed by atoms with E-state index in [1.165, 1.54) is 28.2 Å². The first-order valence-electron chi connectivity index (χ1n) is 11.3. The van der Waals surface area contributed by atoms with Crippen molar-refractivity contribution in [3.63, 3.8) is 0 Å². The van der Waals surface area contributed by atoms with Crippen molar-refractivity contribution in [3.8, 4) is 11.5 Å². The molecule has 0 spiro atoms. The van der Waals surface area contributed by atoms with Gasteiger partial charge in [-0.05, 0) is 44.0 Å². The Morgan fingerprint density at radius 2 is 1.97 bits per heavy atom. The van der Waals surface area contributed by atoms with E-state index in [-0.39, 0.29) is 5.92 Å². The summed E-state index contributed by atoms with van der Waals surface area (Å²) >= 11 is 2.73. The van der Waals surface area contributed by atoms with Crippen LogP contribution in [0.1, 0.15) is 30.3 Å². The van der Waals surface area contributed by atoms with Gasteiger partial charge < -0.3 is 20.1 Å². The summed E-state index contributed by atoms with van der Waals surface area (Å²) in [4.78, 5) is 31.4. The second-order valence-corrected chi connectivity index (χ2v) is 9.95. The van der Waals surface area contributed by atoms with Gasteiger partial charge in [-0.2, -0.15) is 4.37 Å². The molecule has 12 heteroatoms.